The fourth-order valence-electron chi connectivity index (χ4n) is 3.23. The molecular formula is C24H20N2O4S. The van der Waals surface area contributed by atoms with Crippen LogP contribution in [0.4, 0.5) is 5.13 Å². The van der Waals surface area contributed by atoms with Crippen LogP contribution in [0, 0.1) is 0 Å². The average molecular weight is 433 g/mol. The third-order valence-electron chi connectivity index (χ3n) is 4.81. The third-order valence-corrected chi connectivity index (χ3v) is 5.87. The molecule has 0 spiro atoms. The highest BCUT2D eigenvalue weighted by Crippen LogP contribution is 2.33. The maximum atomic E-state index is 13.7. The highest BCUT2D eigenvalue weighted by Gasteiger charge is 2.26. The van der Waals surface area contributed by atoms with Gasteiger partial charge in [-0.05, 0) is 29.8 Å². The molecule has 4 rings (SSSR count). The van der Waals surface area contributed by atoms with Crippen molar-refractivity contribution < 1.29 is 19.1 Å². The zero-order chi connectivity index (χ0) is 21.8. The SMILES string of the molecule is COC(=O)c1ccccc1C(=O)N(Cc1ccccc1)c1nc2cc(OC)ccc2s1. The van der Waals surface area contributed by atoms with Gasteiger partial charge in [-0.15, -0.1) is 0 Å². The van der Waals surface area contributed by atoms with E-state index in [2.05, 4.69) is 4.98 Å². The number of benzene rings is 3. The van der Waals surface area contributed by atoms with Gasteiger partial charge in [-0.3, -0.25) is 9.69 Å². The van der Waals surface area contributed by atoms with Gasteiger partial charge in [0.25, 0.3) is 5.91 Å². The van der Waals surface area contributed by atoms with E-state index in [9.17, 15) is 9.59 Å². The zero-order valence-corrected chi connectivity index (χ0v) is 17.9. The quantitative estimate of drug-likeness (QED) is 0.404. The number of thiazole rings is 1. The Balaban J connectivity index is 1.80. The number of ether oxygens (including phenoxy) is 2. The normalized spacial score (nSPS) is 10.6. The van der Waals surface area contributed by atoms with Crippen LogP contribution in [0.5, 0.6) is 5.75 Å². The number of amides is 1. The van der Waals surface area contributed by atoms with Gasteiger partial charge in [-0.1, -0.05) is 53.8 Å². The van der Waals surface area contributed by atoms with Crippen LogP contribution in [-0.2, 0) is 11.3 Å². The van der Waals surface area contributed by atoms with Gasteiger partial charge in [0.05, 0.1) is 42.1 Å². The first-order valence-electron chi connectivity index (χ1n) is 9.58. The van der Waals surface area contributed by atoms with Crippen molar-refractivity contribution >= 4 is 38.6 Å². The second-order valence-electron chi connectivity index (χ2n) is 6.74. The molecule has 0 saturated carbocycles. The van der Waals surface area contributed by atoms with E-state index >= 15 is 0 Å². The number of carbonyl (C=O) groups excluding carboxylic acids is 2. The van der Waals surface area contributed by atoms with Crippen molar-refractivity contribution in [2.75, 3.05) is 19.1 Å². The van der Waals surface area contributed by atoms with Crippen LogP contribution < -0.4 is 9.64 Å². The first-order chi connectivity index (χ1) is 15.1. The number of fused-ring (bicyclic) bond motifs is 1. The van der Waals surface area contributed by atoms with E-state index in [0.717, 1.165) is 15.8 Å². The number of rotatable bonds is 6. The molecule has 3 aromatic carbocycles. The minimum atomic E-state index is -0.558. The second-order valence-corrected chi connectivity index (χ2v) is 7.75. The van der Waals surface area contributed by atoms with Crippen molar-refractivity contribution in [3.05, 3.63) is 89.5 Å². The molecule has 4 aromatic rings. The van der Waals surface area contributed by atoms with Crippen molar-refractivity contribution in [2.24, 2.45) is 0 Å². The molecule has 0 saturated heterocycles. The molecule has 0 atom stereocenters. The first kappa shape index (κ1) is 20.6. The Morgan fingerprint density at radius 3 is 2.35 bits per heavy atom. The topological polar surface area (TPSA) is 68.7 Å². The van der Waals surface area contributed by atoms with Crippen LogP contribution in [0.3, 0.4) is 0 Å². The molecule has 0 bridgehead atoms. The summed E-state index contributed by atoms with van der Waals surface area (Å²) in [6.07, 6.45) is 0. The summed E-state index contributed by atoms with van der Waals surface area (Å²) in [4.78, 5) is 32.2. The molecular weight excluding hydrogens is 412 g/mol. The molecule has 1 amide bonds. The smallest absolute Gasteiger partial charge is 0.338 e. The largest absolute Gasteiger partial charge is 0.497 e. The van der Waals surface area contributed by atoms with E-state index in [4.69, 9.17) is 9.47 Å². The lowest BCUT2D eigenvalue weighted by Gasteiger charge is -2.21. The minimum Gasteiger partial charge on any atom is -0.497 e. The Bertz CT molecular complexity index is 1240. The summed E-state index contributed by atoms with van der Waals surface area (Å²) in [6.45, 7) is 0.312. The van der Waals surface area contributed by atoms with Gasteiger partial charge in [0.1, 0.15) is 5.75 Å². The van der Waals surface area contributed by atoms with E-state index in [1.807, 2.05) is 48.5 Å². The molecule has 156 valence electrons. The molecule has 1 aromatic heterocycles. The first-order valence-corrected chi connectivity index (χ1v) is 10.4. The van der Waals surface area contributed by atoms with Crippen molar-refractivity contribution in [3.63, 3.8) is 0 Å². The number of aromatic nitrogens is 1. The Hall–Kier alpha value is -3.71. The number of methoxy groups -OCH3 is 2. The van der Waals surface area contributed by atoms with Crippen LogP contribution in [0.25, 0.3) is 10.2 Å². The monoisotopic (exact) mass is 432 g/mol. The van der Waals surface area contributed by atoms with Gasteiger partial charge in [-0.25, -0.2) is 9.78 Å². The van der Waals surface area contributed by atoms with Crippen LogP contribution >= 0.6 is 11.3 Å². The van der Waals surface area contributed by atoms with Crippen molar-refractivity contribution in [2.45, 2.75) is 6.54 Å². The average Bonchev–Trinajstić information content (AvgIpc) is 3.25. The fourth-order valence-corrected chi connectivity index (χ4v) is 4.18. The Kier molecular flexibility index (Phi) is 5.95. The maximum absolute atomic E-state index is 13.7. The van der Waals surface area contributed by atoms with Gasteiger partial charge >= 0.3 is 5.97 Å². The van der Waals surface area contributed by atoms with Crippen LogP contribution in [-0.4, -0.2) is 31.1 Å². The number of anilines is 1. The third kappa shape index (κ3) is 4.27. The summed E-state index contributed by atoms with van der Waals surface area (Å²) >= 11 is 1.41. The van der Waals surface area contributed by atoms with Crippen molar-refractivity contribution in [1.29, 1.82) is 0 Å². The van der Waals surface area contributed by atoms with Gasteiger partial charge in [-0.2, -0.15) is 0 Å². The molecule has 31 heavy (non-hydrogen) atoms. The molecule has 6 nitrogen and oxygen atoms in total. The lowest BCUT2D eigenvalue weighted by Crippen LogP contribution is -2.31. The van der Waals surface area contributed by atoms with Gasteiger partial charge in [0.2, 0.25) is 0 Å². The molecule has 0 N–H and O–H groups in total. The Morgan fingerprint density at radius 1 is 0.935 bits per heavy atom. The highest BCUT2D eigenvalue weighted by atomic mass is 32.1. The lowest BCUT2D eigenvalue weighted by molar-refractivity contribution is 0.0597. The van der Waals surface area contributed by atoms with Crippen LogP contribution in [0.1, 0.15) is 26.3 Å². The number of nitrogens with zero attached hydrogens (tertiary/aromatic N) is 2. The standard InChI is InChI=1S/C24H20N2O4S/c1-29-17-12-13-21-20(14-17)25-24(31-21)26(15-16-8-4-3-5-9-16)22(27)18-10-6-7-11-19(18)23(28)30-2/h3-14H,15H2,1-2H3. The number of hydrogen-bond acceptors (Lipinski definition) is 6. The predicted molar refractivity (Wildman–Crippen MR) is 121 cm³/mol. The molecule has 0 aliphatic heterocycles. The van der Waals surface area contributed by atoms with E-state index in [-0.39, 0.29) is 17.0 Å². The van der Waals surface area contributed by atoms with E-state index in [1.165, 1.54) is 18.4 Å². The molecule has 0 radical (unpaired) electrons. The summed E-state index contributed by atoms with van der Waals surface area (Å²) in [5.74, 6) is -0.185. The molecule has 0 aliphatic rings. The van der Waals surface area contributed by atoms with E-state index in [0.29, 0.717) is 17.4 Å². The molecule has 7 heteroatoms. The van der Waals surface area contributed by atoms with Gasteiger partial charge < -0.3 is 9.47 Å². The predicted octanol–water partition coefficient (Wildman–Crippen LogP) is 4.94. The highest BCUT2D eigenvalue weighted by molar-refractivity contribution is 7.22. The summed E-state index contributed by atoms with van der Waals surface area (Å²) < 4.78 is 11.1. The summed E-state index contributed by atoms with van der Waals surface area (Å²) in [6, 6.07) is 21.9. The minimum absolute atomic E-state index is 0.218. The van der Waals surface area contributed by atoms with Gasteiger partial charge in [0.15, 0.2) is 5.13 Å². The van der Waals surface area contributed by atoms with Crippen molar-refractivity contribution in [3.8, 4) is 5.75 Å². The number of hydrogen-bond donors (Lipinski definition) is 0. The van der Waals surface area contributed by atoms with E-state index < -0.39 is 5.97 Å². The second kappa shape index (κ2) is 8.97. The molecule has 0 aliphatic carbocycles. The maximum Gasteiger partial charge on any atom is 0.338 e. The summed E-state index contributed by atoms with van der Waals surface area (Å²) in [5, 5.41) is 0.539. The van der Waals surface area contributed by atoms with Gasteiger partial charge in [0, 0.05) is 6.07 Å². The van der Waals surface area contributed by atoms with E-state index in [1.54, 1.807) is 36.3 Å². The summed E-state index contributed by atoms with van der Waals surface area (Å²) in [7, 11) is 2.90. The number of esters is 1. The van der Waals surface area contributed by atoms with Crippen LogP contribution in [0.15, 0.2) is 72.8 Å². The summed E-state index contributed by atoms with van der Waals surface area (Å²) in [5.41, 5.74) is 2.17. The molecule has 0 fully saturated rings. The van der Waals surface area contributed by atoms with Crippen molar-refractivity contribution in [1.82, 2.24) is 4.98 Å². The Labute approximate surface area is 183 Å². The number of carbonyl (C=O) groups is 2. The van der Waals surface area contributed by atoms with Crippen LogP contribution in [0.2, 0.25) is 0 Å². The zero-order valence-electron chi connectivity index (χ0n) is 17.1. The Morgan fingerprint density at radius 2 is 1.65 bits per heavy atom. The molecule has 1 heterocycles. The molecule has 0 unspecified atom stereocenters. The fraction of sp³-hybridized carbons (Fsp3) is 0.125. The lowest BCUT2D eigenvalue weighted by atomic mass is 10.1.